The monoisotopic (exact) mass is 422 g/mol. The van der Waals surface area contributed by atoms with Gasteiger partial charge in [-0.3, -0.25) is 0 Å². The number of likely N-dealkylation sites (tertiary alicyclic amines) is 1. The maximum absolute atomic E-state index is 5.98. The molecule has 6 heteroatoms. The molecule has 3 heterocycles. The third-order valence-electron chi connectivity index (χ3n) is 6.03. The van der Waals surface area contributed by atoms with Crippen molar-refractivity contribution in [1.82, 2.24) is 9.47 Å². The fraction of sp³-hybridized carbons (Fsp3) is 0.375. The van der Waals surface area contributed by atoms with Crippen molar-refractivity contribution in [2.45, 2.75) is 26.3 Å². The summed E-state index contributed by atoms with van der Waals surface area (Å²) in [5, 5.41) is 1.21. The Morgan fingerprint density at radius 1 is 1.10 bits per heavy atom. The maximum Gasteiger partial charge on any atom is 0.231 e. The summed E-state index contributed by atoms with van der Waals surface area (Å²) in [6, 6.07) is 14.2. The third kappa shape index (κ3) is 3.72. The number of para-hydroxylation sites is 1. The van der Waals surface area contributed by atoms with Gasteiger partial charge < -0.3 is 23.7 Å². The van der Waals surface area contributed by atoms with Crippen LogP contribution in [0, 0.1) is 5.92 Å². The number of hydrogen-bond donors (Lipinski definition) is 0. The van der Waals surface area contributed by atoms with Gasteiger partial charge in [0.25, 0.3) is 0 Å². The summed E-state index contributed by atoms with van der Waals surface area (Å²) < 4.78 is 19.0. The van der Waals surface area contributed by atoms with E-state index in [1.54, 1.807) is 0 Å². The van der Waals surface area contributed by atoms with Gasteiger partial charge in [0.1, 0.15) is 17.3 Å². The minimum atomic E-state index is 0.271. The van der Waals surface area contributed by atoms with E-state index in [0.29, 0.717) is 6.61 Å². The summed E-state index contributed by atoms with van der Waals surface area (Å²) in [5.41, 5.74) is 2.34. The number of rotatable bonds is 5. The number of thiocarbonyl (C=S) groups is 1. The fourth-order valence-electron chi connectivity index (χ4n) is 4.21. The Morgan fingerprint density at radius 2 is 1.90 bits per heavy atom. The van der Waals surface area contributed by atoms with Gasteiger partial charge >= 0.3 is 0 Å². The molecule has 1 aromatic heterocycles. The van der Waals surface area contributed by atoms with Gasteiger partial charge in [0, 0.05) is 41.8 Å². The molecule has 0 bridgehead atoms. The lowest BCUT2D eigenvalue weighted by molar-refractivity contribution is 0.173. The number of ether oxygens (including phenoxy) is 3. The second kappa shape index (κ2) is 8.19. The first-order chi connectivity index (χ1) is 14.7. The van der Waals surface area contributed by atoms with Crippen LogP contribution in [0.4, 0.5) is 0 Å². The van der Waals surface area contributed by atoms with Gasteiger partial charge in [-0.15, -0.1) is 0 Å². The molecule has 0 spiro atoms. The van der Waals surface area contributed by atoms with Crippen LogP contribution in [0.3, 0.4) is 0 Å². The highest BCUT2D eigenvalue weighted by Crippen LogP contribution is 2.35. The molecule has 2 aliphatic heterocycles. The van der Waals surface area contributed by atoms with Crippen LogP contribution in [0.15, 0.2) is 48.7 Å². The summed E-state index contributed by atoms with van der Waals surface area (Å²) in [4.78, 5) is 3.33. The smallest absolute Gasteiger partial charge is 0.231 e. The minimum absolute atomic E-state index is 0.271. The van der Waals surface area contributed by atoms with E-state index in [9.17, 15) is 0 Å². The van der Waals surface area contributed by atoms with Gasteiger partial charge in [0.15, 0.2) is 11.5 Å². The van der Waals surface area contributed by atoms with Gasteiger partial charge in [0.2, 0.25) is 6.79 Å². The second-order valence-electron chi connectivity index (χ2n) is 8.09. The predicted molar refractivity (Wildman–Crippen MR) is 122 cm³/mol. The molecule has 1 saturated heterocycles. The average molecular weight is 423 g/mol. The molecule has 0 amide bonds. The van der Waals surface area contributed by atoms with Gasteiger partial charge in [-0.05, 0) is 37.0 Å². The van der Waals surface area contributed by atoms with Crippen molar-refractivity contribution in [3.05, 3.63) is 54.2 Å². The highest BCUT2D eigenvalue weighted by molar-refractivity contribution is 7.80. The van der Waals surface area contributed by atoms with Crippen LogP contribution in [-0.2, 0) is 6.54 Å². The molecule has 3 aromatic rings. The van der Waals surface area contributed by atoms with E-state index >= 15 is 0 Å². The lowest BCUT2D eigenvalue weighted by Crippen LogP contribution is -2.37. The number of benzene rings is 2. The predicted octanol–water partition coefficient (Wildman–Crippen LogP) is 4.86. The molecule has 0 unspecified atom stereocenters. The van der Waals surface area contributed by atoms with Crippen LogP contribution < -0.4 is 14.2 Å². The molecule has 0 N–H and O–H groups in total. The molecule has 2 aromatic carbocycles. The molecule has 30 heavy (non-hydrogen) atoms. The van der Waals surface area contributed by atoms with Gasteiger partial charge in [-0.2, -0.15) is 0 Å². The third-order valence-corrected chi connectivity index (χ3v) is 6.51. The highest BCUT2D eigenvalue weighted by atomic mass is 32.1. The van der Waals surface area contributed by atoms with E-state index in [4.69, 9.17) is 26.4 Å². The Bertz CT molecular complexity index is 1070. The first-order valence-corrected chi connectivity index (χ1v) is 11.0. The Hall–Kier alpha value is -2.73. The Labute approximate surface area is 182 Å². The Morgan fingerprint density at radius 3 is 2.77 bits per heavy atom. The van der Waals surface area contributed by atoms with Crippen molar-refractivity contribution in [2.24, 2.45) is 5.92 Å². The first-order valence-electron chi connectivity index (χ1n) is 10.6. The van der Waals surface area contributed by atoms with E-state index in [1.165, 1.54) is 23.7 Å². The van der Waals surface area contributed by atoms with Crippen LogP contribution >= 0.6 is 12.2 Å². The zero-order valence-electron chi connectivity index (χ0n) is 17.2. The molecule has 0 saturated carbocycles. The minimum Gasteiger partial charge on any atom is -0.492 e. The summed E-state index contributed by atoms with van der Waals surface area (Å²) >= 11 is 5.91. The van der Waals surface area contributed by atoms with Crippen LogP contribution in [0.5, 0.6) is 17.2 Å². The van der Waals surface area contributed by atoms with Crippen LogP contribution in [0.2, 0.25) is 0 Å². The van der Waals surface area contributed by atoms with Gasteiger partial charge in [-0.1, -0.05) is 37.3 Å². The lowest BCUT2D eigenvalue weighted by Gasteiger charge is -2.32. The first kappa shape index (κ1) is 19.2. The molecule has 156 valence electrons. The molecule has 1 fully saturated rings. The number of fused-ring (bicyclic) bond motifs is 2. The zero-order chi connectivity index (χ0) is 20.5. The maximum atomic E-state index is 5.98. The Kier molecular flexibility index (Phi) is 5.25. The fourth-order valence-corrected chi connectivity index (χ4v) is 4.56. The van der Waals surface area contributed by atoms with Crippen molar-refractivity contribution in [2.75, 3.05) is 26.5 Å². The summed E-state index contributed by atoms with van der Waals surface area (Å²) in [7, 11) is 0. The quantitative estimate of drug-likeness (QED) is 0.549. The molecular formula is C24H26N2O3S. The van der Waals surface area contributed by atoms with Gasteiger partial charge in [0.05, 0.1) is 6.54 Å². The molecule has 0 atom stereocenters. The molecule has 0 radical (unpaired) electrons. The second-order valence-corrected chi connectivity index (χ2v) is 8.48. The highest BCUT2D eigenvalue weighted by Gasteiger charge is 2.21. The van der Waals surface area contributed by atoms with Crippen LogP contribution in [-0.4, -0.2) is 40.9 Å². The largest absolute Gasteiger partial charge is 0.492 e. The van der Waals surface area contributed by atoms with E-state index < -0.39 is 0 Å². The van der Waals surface area contributed by atoms with Crippen molar-refractivity contribution in [1.29, 1.82) is 0 Å². The van der Waals surface area contributed by atoms with Crippen molar-refractivity contribution >= 4 is 28.1 Å². The zero-order valence-corrected chi connectivity index (χ0v) is 18.0. The number of nitrogens with zero attached hydrogens (tertiary/aromatic N) is 2. The van der Waals surface area contributed by atoms with Crippen molar-refractivity contribution < 1.29 is 14.2 Å². The molecular weight excluding hydrogens is 396 g/mol. The number of hydrogen-bond acceptors (Lipinski definition) is 4. The van der Waals surface area contributed by atoms with E-state index in [0.717, 1.165) is 53.4 Å². The van der Waals surface area contributed by atoms with Crippen molar-refractivity contribution in [3.8, 4) is 17.2 Å². The SMILES string of the molecule is CC1CCN(C(=S)c2cn(CCOc3ccc4c(c3)OCO4)c3ccccc23)CC1. The van der Waals surface area contributed by atoms with E-state index in [-0.39, 0.29) is 6.79 Å². The Balaban J connectivity index is 1.31. The standard InChI is InChI=1S/C24H26N2O3S/c1-17-8-10-25(11-9-17)24(30)20-15-26(21-5-3-2-4-19(20)21)12-13-27-18-6-7-22-23(14-18)29-16-28-22/h2-7,14-15,17H,8-13,16H2,1H3. The molecule has 5 rings (SSSR count). The van der Waals surface area contributed by atoms with Crippen molar-refractivity contribution in [3.63, 3.8) is 0 Å². The summed E-state index contributed by atoms with van der Waals surface area (Å²) in [6.07, 6.45) is 4.61. The lowest BCUT2D eigenvalue weighted by atomic mass is 9.99. The summed E-state index contributed by atoms with van der Waals surface area (Å²) in [5.74, 6) is 3.08. The van der Waals surface area contributed by atoms with Gasteiger partial charge in [-0.25, -0.2) is 0 Å². The van der Waals surface area contributed by atoms with E-state index in [1.807, 2.05) is 18.2 Å². The molecule has 0 aliphatic carbocycles. The number of aromatic nitrogens is 1. The van der Waals surface area contributed by atoms with E-state index in [2.05, 4.69) is 46.9 Å². The topological polar surface area (TPSA) is 35.9 Å². The normalized spacial score (nSPS) is 16.2. The summed E-state index contributed by atoms with van der Waals surface area (Å²) in [6.45, 7) is 6.00. The van der Waals surface area contributed by atoms with Crippen LogP contribution in [0.1, 0.15) is 25.3 Å². The average Bonchev–Trinajstić information content (AvgIpc) is 3.38. The van der Waals surface area contributed by atoms with Crippen LogP contribution in [0.25, 0.3) is 10.9 Å². The number of piperidine rings is 1. The molecule has 5 nitrogen and oxygen atoms in total. The molecule has 2 aliphatic rings.